The molecule has 2 aromatic rings. The van der Waals surface area contributed by atoms with Crippen LogP contribution in [0.4, 0.5) is 11.6 Å². The Morgan fingerprint density at radius 2 is 2.05 bits per heavy atom. The molecule has 1 fully saturated rings. The molecule has 1 N–H and O–H groups in total. The van der Waals surface area contributed by atoms with Crippen molar-refractivity contribution in [3.05, 3.63) is 47.1 Å². The minimum Gasteiger partial charge on any atom is -0.367 e. The average Bonchev–Trinajstić information content (AvgIpc) is 2.57. The van der Waals surface area contributed by atoms with Crippen molar-refractivity contribution in [2.24, 2.45) is 0 Å². The Hall–Kier alpha value is -2.37. The van der Waals surface area contributed by atoms with Crippen LogP contribution in [0.25, 0.3) is 0 Å². The zero-order valence-electron chi connectivity index (χ0n) is 12.8. The van der Waals surface area contributed by atoms with Crippen LogP contribution < -0.4 is 15.8 Å². The summed E-state index contributed by atoms with van der Waals surface area (Å²) in [6.45, 7) is 4.31. The van der Waals surface area contributed by atoms with Gasteiger partial charge in [-0.3, -0.25) is 4.79 Å². The second kappa shape index (κ2) is 6.60. The fraction of sp³-hybridized carbons (Fsp3) is 0.438. The fourth-order valence-electron chi connectivity index (χ4n) is 2.79. The summed E-state index contributed by atoms with van der Waals surface area (Å²) >= 11 is 0. The summed E-state index contributed by atoms with van der Waals surface area (Å²) in [5.41, 5.74) is 0.00105. The Bertz CT molecular complexity index is 662. The van der Waals surface area contributed by atoms with Gasteiger partial charge >= 0.3 is 0 Å². The third kappa shape index (κ3) is 3.10. The smallest absolute Gasteiger partial charge is 0.293 e. The van der Waals surface area contributed by atoms with Crippen LogP contribution in [0, 0.1) is 0 Å². The van der Waals surface area contributed by atoms with Gasteiger partial charge in [-0.1, -0.05) is 6.07 Å². The van der Waals surface area contributed by atoms with E-state index in [0.717, 1.165) is 31.7 Å². The van der Waals surface area contributed by atoms with E-state index < -0.39 is 0 Å². The molecular formula is C16H21N5O. The van der Waals surface area contributed by atoms with E-state index in [1.807, 2.05) is 25.1 Å². The number of nitrogens with zero attached hydrogens (tertiary/aromatic N) is 4. The summed E-state index contributed by atoms with van der Waals surface area (Å²) in [4.78, 5) is 23.0. The average molecular weight is 299 g/mol. The molecule has 1 aliphatic rings. The molecule has 2 aromatic heterocycles. The van der Waals surface area contributed by atoms with Gasteiger partial charge in [-0.25, -0.2) is 9.97 Å². The number of pyridine rings is 1. The summed E-state index contributed by atoms with van der Waals surface area (Å²) < 4.78 is 1.70. The van der Waals surface area contributed by atoms with Crippen LogP contribution in [-0.2, 0) is 6.54 Å². The maximum Gasteiger partial charge on any atom is 0.293 e. The monoisotopic (exact) mass is 299 g/mol. The van der Waals surface area contributed by atoms with Crippen molar-refractivity contribution < 1.29 is 0 Å². The molecule has 0 aromatic carbocycles. The van der Waals surface area contributed by atoms with Gasteiger partial charge in [-0.15, -0.1) is 0 Å². The van der Waals surface area contributed by atoms with E-state index >= 15 is 0 Å². The lowest BCUT2D eigenvalue weighted by atomic mass is 10.1. The number of aromatic nitrogens is 3. The highest BCUT2D eigenvalue weighted by Gasteiger charge is 2.22. The Morgan fingerprint density at radius 3 is 2.73 bits per heavy atom. The number of nitrogens with one attached hydrogen (secondary N) is 1. The lowest BCUT2D eigenvalue weighted by Gasteiger charge is -2.33. The second-order valence-corrected chi connectivity index (χ2v) is 5.46. The topological polar surface area (TPSA) is 63.1 Å². The largest absolute Gasteiger partial charge is 0.367 e. The first-order valence-electron chi connectivity index (χ1n) is 7.76. The third-order valence-corrected chi connectivity index (χ3v) is 4.05. The number of hydrogen-bond donors (Lipinski definition) is 1. The van der Waals surface area contributed by atoms with E-state index in [2.05, 4.69) is 20.2 Å². The van der Waals surface area contributed by atoms with E-state index in [-0.39, 0.29) is 5.56 Å². The van der Waals surface area contributed by atoms with Crippen LogP contribution in [0.3, 0.4) is 0 Å². The predicted octanol–water partition coefficient (Wildman–Crippen LogP) is 1.74. The van der Waals surface area contributed by atoms with Crippen molar-refractivity contribution in [3.8, 4) is 0 Å². The van der Waals surface area contributed by atoms with Crippen LogP contribution in [0.1, 0.15) is 19.8 Å². The molecule has 0 bridgehead atoms. The minimum atomic E-state index is 0.00105. The van der Waals surface area contributed by atoms with Crippen molar-refractivity contribution in [1.29, 1.82) is 0 Å². The summed E-state index contributed by atoms with van der Waals surface area (Å²) in [5, 5.41) is 3.45. The van der Waals surface area contributed by atoms with E-state index in [9.17, 15) is 4.79 Å². The number of aryl methyl sites for hydroxylation is 1. The first-order valence-corrected chi connectivity index (χ1v) is 7.76. The SMILES string of the molecule is CCn1ccnc(N2CCC(Nc3ccccn3)CC2)c1=O. The Morgan fingerprint density at radius 1 is 1.23 bits per heavy atom. The maximum absolute atomic E-state index is 12.3. The Labute approximate surface area is 129 Å². The maximum atomic E-state index is 12.3. The zero-order chi connectivity index (χ0) is 15.4. The molecule has 6 heteroatoms. The van der Waals surface area contributed by atoms with E-state index in [1.54, 1.807) is 23.2 Å². The Kier molecular flexibility index (Phi) is 4.37. The van der Waals surface area contributed by atoms with E-state index in [0.29, 0.717) is 18.4 Å². The van der Waals surface area contributed by atoms with Crippen molar-refractivity contribution in [2.45, 2.75) is 32.4 Å². The molecular weight excluding hydrogens is 278 g/mol. The number of rotatable bonds is 4. The second-order valence-electron chi connectivity index (χ2n) is 5.46. The van der Waals surface area contributed by atoms with Crippen molar-refractivity contribution in [3.63, 3.8) is 0 Å². The molecule has 1 saturated heterocycles. The fourth-order valence-corrected chi connectivity index (χ4v) is 2.79. The van der Waals surface area contributed by atoms with Gasteiger partial charge < -0.3 is 14.8 Å². The highest BCUT2D eigenvalue weighted by atomic mass is 16.1. The molecule has 0 amide bonds. The molecule has 0 atom stereocenters. The highest BCUT2D eigenvalue weighted by molar-refractivity contribution is 5.38. The van der Waals surface area contributed by atoms with Crippen LogP contribution in [0.15, 0.2) is 41.6 Å². The van der Waals surface area contributed by atoms with Gasteiger partial charge in [0.1, 0.15) is 5.82 Å². The molecule has 22 heavy (non-hydrogen) atoms. The Balaban J connectivity index is 1.64. The lowest BCUT2D eigenvalue weighted by molar-refractivity contribution is 0.518. The molecule has 0 unspecified atom stereocenters. The molecule has 0 saturated carbocycles. The first-order chi connectivity index (χ1) is 10.8. The molecule has 3 rings (SSSR count). The highest BCUT2D eigenvalue weighted by Crippen LogP contribution is 2.17. The van der Waals surface area contributed by atoms with Gasteiger partial charge in [0, 0.05) is 44.3 Å². The van der Waals surface area contributed by atoms with Gasteiger partial charge in [0.2, 0.25) is 0 Å². The van der Waals surface area contributed by atoms with Crippen LogP contribution in [0.2, 0.25) is 0 Å². The summed E-state index contributed by atoms with van der Waals surface area (Å²) in [5.74, 6) is 1.48. The standard InChI is InChI=1S/C16H21N5O/c1-2-20-12-9-18-15(16(20)22)21-10-6-13(7-11-21)19-14-5-3-4-8-17-14/h3-5,8-9,12-13H,2,6-7,10-11H2,1H3,(H,17,19). The van der Waals surface area contributed by atoms with Gasteiger partial charge in [-0.05, 0) is 31.9 Å². The van der Waals surface area contributed by atoms with E-state index in [1.165, 1.54) is 0 Å². The zero-order valence-corrected chi connectivity index (χ0v) is 12.8. The summed E-state index contributed by atoms with van der Waals surface area (Å²) in [6.07, 6.45) is 7.18. The quantitative estimate of drug-likeness (QED) is 0.931. The normalized spacial score (nSPS) is 15.8. The molecule has 1 aliphatic heterocycles. The van der Waals surface area contributed by atoms with Crippen molar-refractivity contribution in [2.75, 3.05) is 23.3 Å². The van der Waals surface area contributed by atoms with Gasteiger partial charge in [0.05, 0.1) is 0 Å². The van der Waals surface area contributed by atoms with Gasteiger partial charge in [0.15, 0.2) is 5.82 Å². The molecule has 0 spiro atoms. The molecule has 0 aliphatic carbocycles. The van der Waals surface area contributed by atoms with Crippen LogP contribution in [-0.4, -0.2) is 33.7 Å². The summed E-state index contributed by atoms with van der Waals surface area (Å²) in [7, 11) is 0. The van der Waals surface area contributed by atoms with Gasteiger partial charge in [-0.2, -0.15) is 0 Å². The molecule has 0 radical (unpaired) electrons. The number of anilines is 2. The number of piperidine rings is 1. The lowest BCUT2D eigenvalue weighted by Crippen LogP contribution is -2.42. The molecule has 3 heterocycles. The van der Waals surface area contributed by atoms with E-state index in [4.69, 9.17) is 0 Å². The van der Waals surface area contributed by atoms with Crippen LogP contribution >= 0.6 is 0 Å². The van der Waals surface area contributed by atoms with Crippen molar-refractivity contribution >= 4 is 11.6 Å². The van der Waals surface area contributed by atoms with Gasteiger partial charge in [0.25, 0.3) is 5.56 Å². The van der Waals surface area contributed by atoms with Crippen LogP contribution in [0.5, 0.6) is 0 Å². The number of hydrogen-bond acceptors (Lipinski definition) is 5. The summed E-state index contributed by atoms with van der Waals surface area (Å²) in [6, 6.07) is 6.26. The van der Waals surface area contributed by atoms with Crippen molar-refractivity contribution in [1.82, 2.24) is 14.5 Å². The first kappa shape index (κ1) is 14.6. The molecule has 6 nitrogen and oxygen atoms in total. The predicted molar refractivity (Wildman–Crippen MR) is 87.3 cm³/mol. The molecule has 116 valence electrons. The third-order valence-electron chi connectivity index (χ3n) is 4.05. The minimum absolute atomic E-state index is 0.00105.